The zero-order valence-electron chi connectivity index (χ0n) is 23.0. The second-order valence-electron chi connectivity index (χ2n) is 11.2. The number of benzene rings is 1. The van der Waals surface area contributed by atoms with Crippen molar-refractivity contribution >= 4 is 0 Å². The summed E-state index contributed by atoms with van der Waals surface area (Å²) in [5.74, 6) is 2.59. The number of allylic oxidation sites excluding steroid dienone is 3. The van der Waals surface area contributed by atoms with E-state index >= 15 is 0 Å². The molecule has 2 heteroatoms. The molecule has 192 valence electrons. The highest BCUT2D eigenvalue weighted by molar-refractivity contribution is 5.35. The van der Waals surface area contributed by atoms with E-state index in [0.29, 0.717) is 11.5 Å². The van der Waals surface area contributed by atoms with E-state index in [1.807, 2.05) is 6.92 Å². The Morgan fingerprint density at radius 2 is 1.86 bits per heavy atom. The van der Waals surface area contributed by atoms with E-state index in [4.69, 9.17) is 0 Å². The molecule has 1 N–H and O–H groups in total. The van der Waals surface area contributed by atoms with E-state index < -0.39 is 0 Å². The Balaban J connectivity index is 0.00000108. The summed E-state index contributed by atoms with van der Waals surface area (Å²) in [6.07, 6.45) is 16.7. The summed E-state index contributed by atoms with van der Waals surface area (Å²) in [6.45, 7) is 22.7. The number of hydrogen-bond acceptors (Lipinski definition) is 2. The van der Waals surface area contributed by atoms with Gasteiger partial charge in [0.2, 0.25) is 0 Å². The quantitative estimate of drug-likeness (QED) is 0.231. The van der Waals surface area contributed by atoms with Crippen LogP contribution in [0.2, 0.25) is 0 Å². The molecule has 1 aromatic rings. The number of rotatable bonds is 8. The first-order valence-electron chi connectivity index (χ1n) is 14.1. The molecule has 2 saturated carbocycles. The van der Waals surface area contributed by atoms with E-state index in [9.17, 15) is 0 Å². The van der Waals surface area contributed by atoms with Gasteiger partial charge in [-0.1, -0.05) is 87.7 Å². The SMILES string of the molecule is C=C(/C=C\CC)NC(=C)CN1CCC2C(C1C)C2C1(c2cccc(C)c2)CCCCCC1.C=CC. The van der Waals surface area contributed by atoms with Gasteiger partial charge in [0.05, 0.1) is 0 Å². The zero-order valence-corrected chi connectivity index (χ0v) is 23.0. The van der Waals surface area contributed by atoms with Crippen molar-refractivity contribution in [2.24, 2.45) is 17.8 Å². The van der Waals surface area contributed by atoms with Gasteiger partial charge >= 0.3 is 0 Å². The molecule has 2 nitrogen and oxygen atoms in total. The third-order valence-corrected chi connectivity index (χ3v) is 8.62. The number of fused-ring (bicyclic) bond motifs is 1. The summed E-state index contributed by atoms with van der Waals surface area (Å²) in [5, 5.41) is 3.42. The van der Waals surface area contributed by atoms with Gasteiger partial charge in [0.1, 0.15) is 0 Å². The Labute approximate surface area is 216 Å². The van der Waals surface area contributed by atoms with Crippen LogP contribution in [0.4, 0.5) is 0 Å². The van der Waals surface area contributed by atoms with E-state index in [-0.39, 0.29) is 0 Å². The lowest BCUT2D eigenvalue weighted by Crippen LogP contribution is -2.42. The monoisotopic (exact) mass is 474 g/mol. The second kappa shape index (κ2) is 12.8. The molecule has 3 fully saturated rings. The van der Waals surface area contributed by atoms with Crippen molar-refractivity contribution in [1.82, 2.24) is 10.2 Å². The Bertz CT molecular complexity index is 886. The highest BCUT2D eigenvalue weighted by Gasteiger charge is 2.64. The lowest BCUT2D eigenvalue weighted by Gasteiger charge is -2.36. The molecule has 1 aliphatic heterocycles. The minimum Gasteiger partial charge on any atom is -0.359 e. The van der Waals surface area contributed by atoms with Gasteiger partial charge in [-0.05, 0) is 87.8 Å². The van der Waals surface area contributed by atoms with Crippen LogP contribution in [0.15, 0.2) is 73.6 Å². The van der Waals surface area contributed by atoms with Crippen molar-refractivity contribution in [1.29, 1.82) is 0 Å². The average Bonchev–Trinajstić information content (AvgIpc) is 3.60. The summed E-state index contributed by atoms with van der Waals surface area (Å²) >= 11 is 0. The summed E-state index contributed by atoms with van der Waals surface area (Å²) in [7, 11) is 0. The van der Waals surface area contributed by atoms with Gasteiger partial charge in [-0.15, -0.1) is 6.58 Å². The summed E-state index contributed by atoms with van der Waals surface area (Å²) in [5.41, 5.74) is 5.48. The largest absolute Gasteiger partial charge is 0.359 e. The molecular formula is C33H50N2. The smallest absolute Gasteiger partial charge is 0.0382 e. The maximum absolute atomic E-state index is 4.31. The highest BCUT2D eigenvalue weighted by Crippen LogP contribution is 2.65. The van der Waals surface area contributed by atoms with E-state index in [2.05, 4.69) is 87.1 Å². The Hall–Kier alpha value is -2.06. The van der Waals surface area contributed by atoms with Crippen LogP contribution in [0.3, 0.4) is 0 Å². The molecule has 2 aliphatic carbocycles. The zero-order chi connectivity index (χ0) is 25.4. The lowest BCUT2D eigenvalue weighted by molar-refractivity contribution is 0.158. The molecule has 1 aromatic carbocycles. The van der Waals surface area contributed by atoms with Crippen LogP contribution in [0.25, 0.3) is 0 Å². The average molecular weight is 475 g/mol. The van der Waals surface area contributed by atoms with Crippen LogP contribution in [0.1, 0.15) is 83.3 Å². The van der Waals surface area contributed by atoms with Crippen molar-refractivity contribution in [2.75, 3.05) is 13.1 Å². The number of nitrogens with one attached hydrogen (secondary N) is 1. The molecule has 35 heavy (non-hydrogen) atoms. The lowest BCUT2D eigenvalue weighted by atomic mass is 9.68. The van der Waals surface area contributed by atoms with E-state index in [1.54, 1.807) is 11.6 Å². The molecule has 1 saturated heterocycles. The summed E-state index contributed by atoms with van der Waals surface area (Å²) in [6, 6.07) is 10.2. The van der Waals surface area contributed by atoms with Crippen molar-refractivity contribution in [3.05, 3.63) is 84.8 Å². The summed E-state index contributed by atoms with van der Waals surface area (Å²) < 4.78 is 0. The fourth-order valence-corrected chi connectivity index (χ4v) is 7.14. The number of hydrogen-bond donors (Lipinski definition) is 1. The normalized spacial score (nSPS) is 27.7. The third kappa shape index (κ3) is 6.58. The molecule has 4 unspecified atom stereocenters. The number of nitrogens with zero attached hydrogens (tertiary/aromatic N) is 1. The van der Waals surface area contributed by atoms with Crippen LogP contribution in [-0.4, -0.2) is 24.0 Å². The van der Waals surface area contributed by atoms with Crippen molar-refractivity contribution < 1.29 is 0 Å². The highest BCUT2D eigenvalue weighted by atomic mass is 15.2. The minimum absolute atomic E-state index is 0.399. The van der Waals surface area contributed by atoms with Gasteiger partial charge in [0.15, 0.2) is 0 Å². The molecule has 0 bridgehead atoms. The van der Waals surface area contributed by atoms with E-state index in [1.165, 1.54) is 57.1 Å². The van der Waals surface area contributed by atoms with Gasteiger partial charge in [-0.3, -0.25) is 4.90 Å². The Morgan fingerprint density at radius 1 is 1.17 bits per heavy atom. The standard InChI is InChI=1S/C30H44N2.C3H6/c1-6-7-14-23(3)31-24(4)21-32-19-16-27-28(25(32)5)29(27)30(17-10-8-9-11-18-30)26-15-12-13-22(2)20-26;1-3-2/h7,12-15,20,25,27-29,31H,3-4,6,8-11,16-19,21H2,1-2,5H3;3H,1H2,2H3/b14-7-;. The third-order valence-electron chi connectivity index (χ3n) is 8.62. The van der Waals surface area contributed by atoms with Crippen LogP contribution in [0, 0.1) is 24.7 Å². The molecule has 0 aromatic heterocycles. The topological polar surface area (TPSA) is 15.3 Å². The molecule has 3 aliphatic rings. The fraction of sp³-hybridized carbons (Fsp3) is 0.576. The van der Waals surface area contributed by atoms with Gasteiger partial charge < -0.3 is 5.32 Å². The predicted molar refractivity (Wildman–Crippen MR) is 153 cm³/mol. The van der Waals surface area contributed by atoms with E-state index in [0.717, 1.165) is 42.1 Å². The number of piperidine rings is 1. The van der Waals surface area contributed by atoms with Crippen molar-refractivity contribution in [3.8, 4) is 0 Å². The number of likely N-dealkylation sites (tertiary alicyclic amines) is 1. The molecule has 0 amide bonds. The molecule has 4 rings (SSSR count). The predicted octanol–water partition coefficient (Wildman–Crippen LogP) is 8.32. The minimum atomic E-state index is 0.399. The fourth-order valence-electron chi connectivity index (χ4n) is 7.14. The van der Waals surface area contributed by atoms with Gasteiger partial charge in [0, 0.05) is 24.0 Å². The second-order valence-corrected chi connectivity index (χ2v) is 11.2. The molecule has 4 atom stereocenters. The van der Waals surface area contributed by atoms with Gasteiger partial charge in [0.25, 0.3) is 0 Å². The van der Waals surface area contributed by atoms with Crippen LogP contribution >= 0.6 is 0 Å². The first-order chi connectivity index (χ1) is 16.9. The molecule has 0 spiro atoms. The summed E-state index contributed by atoms with van der Waals surface area (Å²) in [4.78, 5) is 2.67. The molecular weight excluding hydrogens is 424 g/mol. The first-order valence-corrected chi connectivity index (χ1v) is 14.1. The number of aryl methyl sites for hydroxylation is 1. The van der Waals surface area contributed by atoms with Gasteiger partial charge in [-0.25, -0.2) is 0 Å². The van der Waals surface area contributed by atoms with Crippen LogP contribution < -0.4 is 5.32 Å². The van der Waals surface area contributed by atoms with Crippen LogP contribution in [0.5, 0.6) is 0 Å². The van der Waals surface area contributed by atoms with Crippen molar-refractivity contribution in [2.45, 2.75) is 90.5 Å². The first kappa shape index (κ1) is 27.5. The molecule has 1 heterocycles. The van der Waals surface area contributed by atoms with Gasteiger partial charge in [-0.2, -0.15) is 0 Å². The Morgan fingerprint density at radius 3 is 2.49 bits per heavy atom. The molecule has 0 radical (unpaired) electrons. The Kier molecular flexibility index (Phi) is 10.0. The van der Waals surface area contributed by atoms with Crippen LogP contribution in [-0.2, 0) is 5.41 Å². The maximum atomic E-state index is 4.31. The van der Waals surface area contributed by atoms with Crippen molar-refractivity contribution in [3.63, 3.8) is 0 Å². The maximum Gasteiger partial charge on any atom is 0.0382 e.